The molecular weight excluding hydrogens is 416 g/mol. The van der Waals surface area contributed by atoms with E-state index in [1.54, 1.807) is 22.8 Å². The standard InChI is InChI=1S/C18H20N4O3S3/c1-5-11-10(2)27-8-13(11)15-20-21-18(22(15)3)28-9-14(23)19-16-12(6-7-26-16)17(24)25-4/h6-8H,5,9H2,1-4H3,(H,19,23). The number of anilines is 1. The first-order valence-corrected chi connectivity index (χ1v) is 11.3. The van der Waals surface area contributed by atoms with Crippen molar-refractivity contribution >= 4 is 51.3 Å². The average Bonchev–Trinajstić information content (AvgIpc) is 3.38. The van der Waals surface area contributed by atoms with Crippen LogP contribution in [0.4, 0.5) is 5.00 Å². The molecule has 0 radical (unpaired) electrons. The Morgan fingerprint density at radius 3 is 2.82 bits per heavy atom. The van der Waals surface area contributed by atoms with Crippen LogP contribution >= 0.6 is 34.4 Å². The van der Waals surface area contributed by atoms with Gasteiger partial charge in [0.15, 0.2) is 11.0 Å². The van der Waals surface area contributed by atoms with Crippen molar-refractivity contribution in [2.45, 2.75) is 25.4 Å². The maximum absolute atomic E-state index is 12.3. The van der Waals surface area contributed by atoms with Crippen LogP contribution in [0.2, 0.25) is 0 Å². The second-order valence-electron chi connectivity index (χ2n) is 5.89. The van der Waals surface area contributed by atoms with Gasteiger partial charge in [0.2, 0.25) is 5.91 Å². The second-order valence-corrected chi connectivity index (χ2v) is 8.84. The molecule has 3 heterocycles. The highest BCUT2D eigenvalue weighted by Crippen LogP contribution is 2.32. The zero-order valence-corrected chi connectivity index (χ0v) is 18.4. The summed E-state index contributed by atoms with van der Waals surface area (Å²) in [4.78, 5) is 25.3. The highest BCUT2D eigenvalue weighted by molar-refractivity contribution is 7.99. The third kappa shape index (κ3) is 4.13. The molecule has 0 saturated carbocycles. The largest absolute Gasteiger partial charge is 0.465 e. The number of aromatic nitrogens is 3. The maximum atomic E-state index is 12.3. The molecule has 1 amide bonds. The summed E-state index contributed by atoms with van der Waals surface area (Å²) >= 11 is 4.29. The summed E-state index contributed by atoms with van der Waals surface area (Å²) in [6.07, 6.45) is 0.936. The fourth-order valence-electron chi connectivity index (χ4n) is 2.75. The van der Waals surface area contributed by atoms with Crippen LogP contribution in [0, 0.1) is 6.92 Å². The molecular formula is C18H20N4O3S3. The molecule has 1 N–H and O–H groups in total. The molecule has 28 heavy (non-hydrogen) atoms. The van der Waals surface area contributed by atoms with Gasteiger partial charge in [0.25, 0.3) is 0 Å². The molecule has 0 bridgehead atoms. The maximum Gasteiger partial charge on any atom is 0.340 e. The number of ether oxygens (including phenoxy) is 1. The number of esters is 1. The van der Waals surface area contributed by atoms with Crippen molar-refractivity contribution in [1.29, 1.82) is 0 Å². The molecule has 0 fully saturated rings. The van der Waals surface area contributed by atoms with E-state index in [1.807, 2.05) is 11.6 Å². The van der Waals surface area contributed by atoms with Gasteiger partial charge in [-0.2, -0.15) is 0 Å². The molecule has 0 atom stereocenters. The molecule has 3 aromatic heterocycles. The normalized spacial score (nSPS) is 10.9. The molecule has 0 aliphatic heterocycles. The van der Waals surface area contributed by atoms with E-state index in [1.165, 1.54) is 40.6 Å². The summed E-state index contributed by atoms with van der Waals surface area (Å²) in [5.41, 5.74) is 2.73. The predicted octanol–water partition coefficient (Wildman–Crippen LogP) is 3.99. The van der Waals surface area contributed by atoms with Crippen LogP contribution in [-0.4, -0.2) is 39.5 Å². The molecule has 0 aromatic carbocycles. The minimum Gasteiger partial charge on any atom is -0.465 e. The average molecular weight is 437 g/mol. The smallest absolute Gasteiger partial charge is 0.340 e. The lowest BCUT2D eigenvalue weighted by Crippen LogP contribution is -2.16. The first-order valence-electron chi connectivity index (χ1n) is 8.51. The number of thiophene rings is 2. The van der Waals surface area contributed by atoms with Crippen molar-refractivity contribution in [3.63, 3.8) is 0 Å². The molecule has 0 spiro atoms. The van der Waals surface area contributed by atoms with Crippen LogP contribution in [-0.2, 0) is 23.0 Å². The molecule has 0 aliphatic rings. The zero-order chi connectivity index (χ0) is 20.3. The van der Waals surface area contributed by atoms with Gasteiger partial charge >= 0.3 is 5.97 Å². The van der Waals surface area contributed by atoms with E-state index < -0.39 is 5.97 Å². The van der Waals surface area contributed by atoms with Gasteiger partial charge in [0.05, 0.1) is 18.4 Å². The summed E-state index contributed by atoms with van der Waals surface area (Å²) in [7, 11) is 3.21. The SMILES string of the molecule is CCc1c(-c2nnc(SCC(=O)Nc3sccc3C(=O)OC)n2C)csc1C. The fourth-order valence-corrected chi connectivity index (χ4v) is 5.19. The number of hydrogen-bond acceptors (Lipinski definition) is 8. The summed E-state index contributed by atoms with van der Waals surface area (Å²) < 4.78 is 6.62. The molecule has 0 saturated heterocycles. The van der Waals surface area contributed by atoms with Gasteiger partial charge < -0.3 is 14.6 Å². The Labute approximate surface area is 175 Å². The van der Waals surface area contributed by atoms with Crippen molar-refractivity contribution in [2.24, 2.45) is 7.05 Å². The van der Waals surface area contributed by atoms with Gasteiger partial charge in [-0.25, -0.2) is 4.79 Å². The van der Waals surface area contributed by atoms with Gasteiger partial charge in [0.1, 0.15) is 5.00 Å². The quantitative estimate of drug-likeness (QED) is 0.445. The zero-order valence-electron chi connectivity index (χ0n) is 15.9. The lowest BCUT2D eigenvalue weighted by molar-refractivity contribution is -0.113. The lowest BCUT2D eigenvalue weighted by Gasteiger charge is -2.06. The number of thioether (sulfide) groups is 1. The molecule has 0 aliphatic carbocycles. The van der Waals surface area contributed by atoms with Crippen LogP contribution in [0.3, 0.4) is 0 Å². The molecule has 0 unspecified atom stereocenters. The number of methoxy groups -OCH3 is 1. The Hall–Kier alpha value is -2.17. The van der Waals surface area contributed by atoms with Crippen LogP contribution in [0.5, 0.6) is 0 Å². The Kier molecular flexibility index (Phi) is 6.53. The number of carbonyl (C=O) groups excluding carboxylic acids is 2. The molecule has 3 rings (SSSR count). The number of nitrogens with zero attached hydrogens (tertiary/aromatic N) is 3. The van der Waals surface area contributed by atoms with Crippen LogP contribution in [0.15, 0.2) is 22.0 Å². The van der Waals surface area contributed by atoms with E-state index in [4.69, 9.17) is 4.74 Å². The minimum atomic E-state index is -0.472. The monoisotopic (exact) mass is 436 g/mol. The fraction of sp³-hybridized carbons (Fsp3) is 0.333. The summed E-state index contributed by atoms with van der Waals surface area (Å²) in [6, 6.07) is 1.63. The Bertz CT molecular complexity index is 1010. The highest BCUT2D eigenvalue weighted by atomic mass is 32.2. The van der Waals surface area contributed by atoms with Gasteiger partial charge in [0, 0.05) is 22.9 Å². The summed E-state index contributed by atoms with van der Waals surface area (Å²) in [6.45, 7) is 4.23. The number of carbonyl (C=O) groups is 2. The van der Waals surface area contributed by atoms with Gasteiger partial charge in [-0.3, -0.25) is 4.79 Å². The molecule has 148 valence electrons. The van der Waals surface area contributed by atoms with Crippen LogP contribution in [0.25, 0.3) is 11.4 Å². The summed E-state index contributed by atoms with van der Waals surface area (Å²) in [5, 5.41) is 16.3. The summed E-state index contributed by atoms with van der Waals surface area (Å²) in [5.74, 6) is 0.270. The molecule has 7 nitrogen and oxygen atoms in total. The topological polar surface area (TPSA) is 86.1 Å². The van der Waals surface area contributed by atoms with Crippen molar-refractivity contribution in [1.82, 2.24) is 14.8 Å². The Morgan fingerprint density at radius 1 is 1.32 bits per heavy atom. The number of amides is 1. The number of aryl methyl sites for hydroxylation is 1. The van der Waals surface area contributed by atoms with Gasteiger partial charge in [-0.1, -0.05) is 18.7 Å². The van der Waals surface area contributed by atoms with E-state index in [2.05, 4.69) is 34.7 Å². The van der Waals surface area contributed by atoms with Crippen molar-refractivity contribution in [2.75, 3.05) is 18.2 Å². The third-order valence-corrected chi connectivity index (χ3v) is 6.99. The molecule has 10 heteroatoms. The van der Waals surface area contributed by atoms with E-state index in [9.17, 15) is 9.59 Å². The van der Waals surface area contributed by atoms with Crippen molar-refractivity contribution in [3.8, 4) is 11.4 Å². The Morgan fingerprint density at radius 2 is 2.11 bits per heavy atom. The highest BCUT2D eigenvalue weighted by Gasteiger charge is 2.19. The number of nitrogens with one attached hydrogen (secondary N) is 1. The predicted molar refractivity (Wildman–Crippen MR) is 113 cm³/mol. The van der Waals surface area contributed by atoms with Gasteiger partial charge in [-0.05, 0) is 30.4 Å². The molecule has 3 aromatic rings. The minimum absolute atomic E-state index is 0.161. The number of hydrogen-bond donors (Lipinski definition) is 1. The first-order chi connectivity index (χ1) is 13.5. The lowest BCUT2D eigenvalue weighted by atomic mass is 10.1. The third-order valence-electron chi connectivity index (χ3n) is 4.19. The van der Waals surface area contributed by atoms with Crippen LogP contribution < -0.4 is 5.32 Å². The van der Waals surface area contributed by atoms with E-state index >= 15 is 0 Å². The van der Waals surface area contributed by atoms with E-state index in [0.717, 1.165) is 17.8 Å². The van der Waals surface area contributed by atoms with Crippen molar-refractivity contribution < 1.29 is 14.3 Å². The first kappa shape index (κ1) is 20.6. The van der Waals surface area contributed by atoms with Crippen LogP contribution in [0.1, 0.15) is 27.7 Å². The van der Waals surface area contributed by atoms with E-state index in [-0.39, 0.29) is 11.7 Å². The van der Waals surface area contributed by atoms with E-state index in [0.29, 0.717) is 15.7 Å². The van der Waals surface area contributed by atoms with Gasteiger partial charge in [-0.15, -0.1) is 32.9 Å². The number of rotatable bonds is 7. The Balaban J connectivity index is 1.67. The van der Waals surface area contributed by atoms with Crippen molar-refractivity contribution in [3.05, 3.63) is 32.8 Å². The second kappa shape index (κ2) is 8.89.